The van der Waals surface area contributed by atoms with Gasteiger partial charge in [0.1, 0.15) is 0 Å². The van der Waals surface area contributed by atoms with Crippen LogP contribution < -0.4 is 5.73 Å². The number of amides is 1. The van der Waals surface area contributed by atoms with Gasteiger partial charge < -0.3 is 10.6 Å². The largest absolute Gasteiger partial charge is 0.338 e. The van der Waals surface area contributed by atoms with Gasteiger partial charge >= 0.3 is 0 Å². The Kier molecular flexibility index (Phi) is 4.53. The first-order chi connectivity index (χ1) is 9.13. The second-order valence-corrected chi connectivity index (χ2v) is 5.49. The number of pyridine rings is 1. The van der Waals surface area contributed by atoms with Gasteiger partial charge in [-0.25, -0.2) is 0 Å². The van der Waals surface area contributed by atoms with Crippen LogP contribution in [0.2, 0.25) is 0 Å². The summed E-state index contributed by atoms with van der Waals surface area (Å²) in [6.07, 6.45) is 6.49. The minimum absolute atomic E-state index is 0.0795. The number of carbonyl (C=O) groups is 1. The first-order valence-electron chi connectivity index (χ1n) is 7.05. The maximum atomic E-state index is 12.5. The maximum absolute atomic E-state index is 12.5. The van der Waals surface area contributed by atoms with Gasteiger partial charge in [-0.15, -0.1) is 0 Å². The standard InChI is InChI=1S/C15H23N3O/c1-11-5-3-4-6-14(11)18(2)15(19)12-7-8-17-13(9-12)10-16/h7-9,11,14H,3-6,10,16H2,1-2H3. The van der Waals surface area contributed by atoms with Crippen LogP contribution in [-0.4, -0.2) is 28.9 Å². The second kappa shape index (κ2) is 6.15. The molecule has 1 aliphatic rings. The van der Waals surface area contributed by atoms with Crippen LogP contribution in [0.1, 0.15) is 48.7 Å². The minimum Gasteiger partial charge on any atom is -0.338 e. The van der Waals surface area contributed by atoms with E-state index in [1.54, 1.807) is 18.3 Å². The molecule has 2 N–H and O–H groups in total. The molecule has 0 aromatic carbocycles. The molecule has 1 aromatic heterocycles. The molecule has 0 saturated heterocycles. The molecule has 104 valence electrons. The first kappa shape index (κ1) is 14.0. The van der Waals surface area contributed by atoms with E-state index in [2.05, 4.69) is 11.9 Å². The van der Waals surface area contributed by atoms with Crippen molar-refractivity contribution >= 4 is 5.91 Å². The molecule has 19 heavy (non-hydrogen) atoms. The fourth-order valence-electron chi connectivity index (χ4n) is 2.95. The van der Waals surface area contributed by atoms with Crippen molar-refractivity contribution in [1.82, 2.24) is 9.88 Å². The summed E-state index contributed by atoms with van der Waals surface area (Å²) in [5.74, 6) is 0.661. The predicted molar refractivity (Wildman–Crippen MR) is 75.6 cm³/mol. The molecule has 0 bridgehead atoms. The van der Waals surface area contributed by atoms with Crippen LogP contribution in [0.5, 0.6) is 0 Å². The van der Waals surface area contributed by atoms with Gasteiger partial charge in [0, 0.05) is 31.4 Å². The lowest BCUT2D eigenvalue weighted by atomic mass is 9.85. The predicted octanol–water partition coefficient (Wildman–Crippen LogP) is 2.19. The smallest absolute Gasteiger partial charge is 0.253 e. The quantitative estimate of drug-likeness (QED) is 0.907. The van der Waals surface area contributed by atoms with Crippen LogP contribution in [-0.2, 0) is 6.54 Å². The summed E-state index contributed by atoms with van der Waals surface area (Å²) in [4.78, 5) is 18.5. The van der Waals surface area contributed by atoms with Gasteiger partial charge in [-0.05, 0) is 30.9 Å². The topological polar surface area (TPSA) is 59.2 Å². The molecule has 0 spiro atoms. The van der Waals surface area contributed by atoms with Crippen molar-refractivity contribution < 1.29 is 4.79 Å². The summed E-state index contributed by atoms with van der Waals surface area (Å²) in [5, 5.41) is 0. The third kappa shape index (κ3) is 3.13. The minimum atomic E-state index is 0.0795. The molecule has 1 saturated carbocycles. The second-order valence-electron chi connectivity index (χ2n) is 5.49. The third-order valence-electron chi connectivity index (χ3n) is 4.16. The zero-order chi connectivity index (χ0) is 13.8. The average molecular weight is 261 g/mol. The summed E-state index contributed by atoms with van der Waals surface area (Å²) in [6.45, 7) is 2.61. The van der Waals surface area contributed by atoms with Crippen LogP contribution in [0.3, 0.4) is 0 Å². The van der Waals surface area contributed by atoms with E-state index in [9.17, 15) is 4.79 Å². The van der Waals surface area contributed by atoms with E-state index in [1.807, 2.05) is 11.9 Å². The Morgan fingerprint density at radius 2 is 2.21 bits per heavy atom. The molecule has 2 unspecified atom stereocenters. The van der Waals surface area contributed by atoms with Crippen molar-refractivity contribution in [1.29, 1.82) is 0 Å². The molecule has 1 fully saturated rings. The van der Waals surface area contributed by atoms with Gasteiger partial charge in [-0.1, -0.05) is 19.8 Å². The van der Waals surface area contributed by atoms with E-state index >= 15 is 0 Å². The fraction of sp³-hybridized carbons (Fsp3) is 0.600. The Hall–Kier alpha value is -1.42. The van der Waals surface area contributed by atoms with Crippen LogP contribution in [0.25, 0.3) is 0 Å². The molecule has 1 aromatic rings. The summed E-state index contributed by atoms with van der Waals surface area (Å²) >= 11 is 0. The number of hydrogen-bond donors (Lipinski definition) is 1. The Morgan fingerprint density at radius 1 is 1.47 bits per heavy atom. The van der Waals surface area contributed by atoms with Gasteiger partial charge in [-0.2, -0.15) is 0 Å². The zero-order valence-corrected chi connectivity index (χ0v) is 11.8. The number of nitrogens with zero attached hydrogens (tertiary/aromatic N) is 2. The van der Waals surface area contributed by atoms with Crippen molar-refractivity contribution in [2.45, 2.75) is 45.2 Å². The Bertz CT molecular complexity index is 447. The molecule has 0 radical (unpaired) electrons. The molecule has 4 heteroatoms. The van der Waals surface area contributed by atoms with E-state index in [-0.39, 0.29) is 5.91 Å². The van der Waals surface area contributed by atoms with Gasteiger partial charge in [0.25, 0.3) is 5.91 Å². The first-order valence-corrected chi connectivity index (χ1v) is 7.05. The van der Waals surface area contributed by atoms with Crippen LogP contribution in [0.4, 0.5) is 0 Å². The summed E-state index contributed by atoms with van der Waals surface area (Å²) in [6, 6.07) is 3.92. The highest BCUT2D eigenvalue weighted by Crippen LogP contribution is 2.28. The van der Waals surface area contributed by atoms with Gasteiger partial charge in [0.05, 0.1) is 5.69 Å². The molecular weight excluding hydrogens is 238 g/mol. The summed E-state index contributed by atoms with van der Waals surface area (Å²) in [5.41, 5.74) is 7.02. The molecular formula is C15H23N3O. The molecule has 1 heterocycles. The van der Waals surface area contributed by atoms with Crippen molar-refractivity contribution in [2.24, 2.45) is 11.7 Å². The van der Waals surface area contributed by atoms with E-state index in [0.29, 0.717) is 24.1 Å². The number of nitrogens with two attached hydrogens (primary N) is 1. The monoisotopic (exact) mass is 261 g/mol. The maximum Gasteiger partial charge on any atom is 0.253 e. The fourth-order valence-corrected chi connectivity index (χ4v) is 2.95. The number of carbonyl (C=O) groups excluding carboxylic acids is 1. The molecule has 0 aliphatic heterocycles. The molecule has 4 nitrogen and oxygen atoms in total. The van der Waals surface area contributed by atoms with Gasteiger partial charge in [-0.3, -0.25) is 9.78 Å². The van der Waals surface area contributed by atoms with Crippen molar-refractivity contribution in [2.75, 3.05) is 7.05 Å². The zero-order valence-electron chi connectivity index (χ0n) is 11.8. The van der Waals surface area contributed by atoms with Crippen LogP contribution >= 0.6 is 0 Å². The van der Waals surface area contributed by atoms with Crippen LogP contribution in [0, 0.1) is 5.92 Å². The number of aromatic nitrogens is 1. The van der Waals surface area contributed by atoms with Crippen molar-refractivity contribution in [3.63, 3.8) is 0 Å². The highest BCUT2D eigenvalue weighted by Gasteiger charge is 2.28. The highest BCUT2D eigenvalue weighted by atomic mass is 16.2. The lowest BCUT2D eigenvalue weighted by molar-refractivity contribution is 0.0628. The lowest BCUT2D eigenvalue weighted by Crippen LogP contribution is -2.42. The molecule has 1 amide bonds. The summed E-state index contributed by atoms with van der Waals surface area (Å²) < 4.78 is 0. The SMILES string of the molecule is CC1CCCCC1N(C)C(=O)c1ccnc(CN)c1. The third-order valence-corrected chi connectivity index (χ3v) is 4.16. The van der Waals surface area contributed by atoms with E-state index in [0.717, 1.165) is 12.1 Å². The number of rotatable bonds is 3. The Labute approximate surface area is 115 Å². The normalized spacial score (nSPS) is 23.1. The number of hydrogen-bond acceptors (Lipinski definition) is 3. The van der Waals surface area contributed by atoms with Crippen molar-refractivity contribution in [3.8, 4) is 0 Å². The highest BCUT2D eigenvalue weighted by molar-refractivity contribution is 5.94. The van der Waals surface area contributed by atoms with Crippen LogP contribution in [0.15, 0.2) is 18.3 Å². The van der Waals surface area contributed by atoms with E-state index < -0.39 is 0 Å². The Morgan fingerprint density at radius 3 is 2.89 bits per heavy atom. The van der Waals surface area contributed by atoms with Gasteiger partial charge in [0.2, 0.25) is 0 Å². The van der Waals surface area contributed by atoms with E-state index in [4.69, 9.17) is 5.73 Å². The molecule has 2 atom stereocenters. The Balaban J connectivity index is 2.13. The lowest BCUT2D eigenvalue weighted by Gasteiger charge is -2.36. The van der Waals surface area contributed by atoms with Gasteiger partial charge in [0.15, 0.2) is 0 Å². The molecule has 2 rings (SSSR count). The molecule has 1 aliphatic carbocycles. The van der Waals surface area contributed by atoms with E-state index in [1.165, 1.54) is 19.3 Å². The van der Waals surface area contributed by atoms with Crippen molar-refractivity contribution in [3.05, 3.63) is 29.6 Å². The summed E-state index contributed by atoms with van der Waals surface area (Å²) in [7, 11) is 1.91. The average Bonchev–Trinajstić information content (AvgIpc) is 2.46.